The van der Waals surface area contributed by atoms with Gasteiger partial charge < -0.3 is 0 Å². The third-order valence-corrected chi connectivity index (χ3v) is 6.94. The quantitative estimate of drug-likeness (QED) is 0.171. The highest BCUT2D eigenvalue weighted by molar-refractivity contribution is 5.59. The Morgan fingerprint density at radius 3 is 1.69 bits per heavy atom. The lowest BCUT2D eigenvalue weighted by Crippen LogP contribution is -2.00. The molecule has 2 aromatic rings. The van der Waals surface area contributed by atoms with Gasteiger partial charge in [-0.1, -0.05) is 116 Å². The number of nitrogens with zero attached hydrogens (tertiary/aromatic N) is 3. The third kappa shape index (κ3) is 11.6. The van der Waals surface area contributed by atoms with Crippen molar-refractivity contribution < 1.29 is 8.78 Å². The fraction of sp³-hybridized carbons (Fsp3) is 0.645. The average molecular weight is 498 g/mol. The Balaban J connectivity index is 1.48. The number of nitriles is 1. The minimum absolute atomic E-state index is 0.0626. The van der Waals surface area contributed by atoms with Gasteiger partial charge in [0.15, 0.2) is 11.6 Å². The topological polar surface area (TPSA) is 49.6 Å². The van der Waals surface area contributed by atoms with E-state index < -0.39 is 17.2 Å². The van der Waals surface area contributed by atoms with Crippen molar-refractivity contribution in [3.05, 3.63) is 47.3 Å². The van der Waals surface area contributed by atoms with Crippen LogP contribution in [0.15, 0.2) is 24.4 Å². The smallest absolute Gasteiger partial charge is 0.162 e. The van der Waals surface area contributed by atoms with Gasteiger partial charge in [0.05, 0.1) is 5.56 Å². The van der Waals surface area contributed by atoms with Gasteiger partial charge in [-0.15, -0.1) is 0 Å². The van der Waals surface area contributed by atoms with E-state index in [1.165, 1.54) is 109 Å². The number of hydrogen-bond acceptors (Lipinski definition) is 3. The van der Waals surface area contributed by atoms with Crippen LogP contribution in [0, 0.1) is 23.0 Å². The number of unbranched alkanes of at least 4 members (excludes halogenated alkanes) is 17. The summed E-state index contributed by atoms with van der Waals surface area (Å²) in [4.78, 5) is 8.56. The normalized spacial score (nSPS) is 11.1. The third-order valence-electron chi connectivity index (χ3n) is 6.94. The second-order valence-electron chi connectivity index (χ2n) is 10.0. The van der Waals surface area contributed by atoms with E-state index >= 15 is 0 Å². The van der Waals surface area contributed by atoms with E-state index in [9.17, 15) is 8.78 Å². The molecule has 0 saturated carbocycles. The van der Waals surface area contributed by atoms with Gasteiger partial charge in [0.2, 0.25) is 0 Å². The summed E-state index contributed by atoms with van der Waals surface area (Å²) in [6.45, 7) is 2.28. The van der Waals surface area contributed by atoms with Crippen LogP contribution >= 0.6 is 0 Å². The van der Waals surface area contributed by atoms with Gasteiger partial charge in [-0.25, -0.2) is 18.7 Å². The van der Waals surface area contributed by atoms with Gasteiger partial charge in [-0.05, 0) is 31.0 Å². The van der Waals surface area contributed by atoms with E-state index in [0.717, 1.165) is 31.0 Å². The van der Waals surface area contributed by atoms with Crippen molar-refractivity contribution in [1.82, 2.24) is 9.97 Å². The standard InChI is InChI=1S/C31H45F2N3/c1-2-3-4-5-6-7-8-9-10-11-12-13-14-15-16-17-18-19-20-26-23-24-35-31(36-26)27-21-22-29(32)28(25-34)30(27)33/h21-24H,2-20H2,1H3. The number of aromatic nitrogens is 2. The lowest BCUT2D eigenvalue weighted by atomic mass is 10.0. The Morgan fingerprint density at radius 1 is 0.694 bits per heavy atom. The number of hydrogen-bond donors (Lipinski definition) is 0. The minimum atomic E-state index is -0.900. The Bertz CT molecular complexity index is 907. The maximum Gasteiger partial charge on any atom is 0.162 e. The van der Waals surface area contributed by atoms with E-state index in [4.69, 9.17) is 5.26 Å². The fourth-order valence-electron chi connectivity index (χ4n) is 4.70. The number of aryl methyl sites for hydroxylation is 1. The van der Waals surface area contributed by atoms with Crippen LogP contribution in [0.25, 0.3) is 11.4 Å². The predicted octanol–water partition coefficient (Wildman–Crippen LogP) is 9.88. The van der Waals surface area contributed by atoms with E-state index in [-0.39, 0.29) is 11.4 Å². The summed E-state index contributed by atoms with van der Waals surface area (Å²) in [7, 11) is 0. The van der Waals surface area contributed by atoms with Crippen molar-refractivity contribution in [2.75, 3.05) is 0 Å². The molecule has 0 radical (unpaired) electrons. The molecule has 1 aromatic carbocycles. The first-order valence-corrected chi connectivity index (χ1v) is 14.4. The van der Waals surface area contributed by atoms with E-state index in [1.54, 1.807) is 12.3 Å². The first-order chi connectivity index (χ1) is 17.7. The zero-order valence-electron chi connectivity index (χ0n) is 22.3. The van der Waals surface area contributed by atoms with Crippen molar-refractivity contribution in [2.24, 2.45) is 0 Å². The summed E-state index contributed by atoms with van der Waals surface area (Å²) < 4.78 is 28.0. The summed E-state index contributed by atoms with van der Waals surface area (Å²) in [5, 5.41) is 8.98. The van der Waals surface area contributed by atoms with Crippen LogP contribution < -0.4 is 0 Å². The molecule has 5 heteroatoms. The Hall–Kier alpha value is -2.35. The molecule has 3 nitrogen and oxygen atoms in total. The molecule has 0 N–H and O–H groups in total. The van der Waals surface area contributed by atoms with Gasteiger partial charge in [-0.3, -0.25) is 0 Å². The van der Waals surface area contributed by atoms with Crippen LogP contribution in [0.4, 0.5) is 8.78 Å². The highest BCUT2D eigenvalue weighted by atomic mass is 19.1. The molecule has 1 heterocycles. The Kier molecular flexibility index (Phi) is 15.6. The van der Waals surface area contributed by atoms with Crippen LogP contribution in [0.3, 0.4) is 0 Å². The summed E-state index contributed by atoms with van der Waals surface area (Å²) in [6.07, 6.45) is 26.6. The zero-order chi connectivity index (χ0) is 25.8. The lowest BCUT2D eigenvalue weighted by Gasteiger charge is -2.07. The van der Waals surface area contributed by atoms with Crippen LogP contribution in [0.1, 0.15) is 134 Å². The average Bonchev–Trinajstić information content (AvgIpc) is 2.88. The zero-order valence-corrected chi connectivity index (χ0v) is 22.3. The molecule has 2 rings (SSSR count). The van der Waals surface area contributed by atoms with Crippen molar-refractivity contribution in [1.29, 1.82) is 5.26 Å². The fourth-order valence-corrected chi connectivity index (χ4v) is 4.70. The highest BCUT2D eigenvalue weighted by Gasteiger charge is 2.16. The van der Waals surface area contributed by atoms with Crippen LogP contribution in [-0.4, -0.2) is 9.97 Å². The van der Waals surface area contributed by atoms with Gasteiger partial charge in [-0.2, -0.15) is 5.26 Å². The SMILES string of the molecule is CCCCCCCCCCCCCCCCCCCCc1ccnc(-c2ccc(F)c(C#N)c2F)n1. The molecule has 0 aliphatic carbocycles. The molecule has 0 atom stereocenters. The molecule has 0 amide bonds. The Morgan fingerprint density at radius 2 is 1.19 bits per heavy atom. The molecular formula is C31H45F2N3. The molecule has 0 fully saturated rings. The molecule has 198 valence electrons. The van der Waals surface area contributed by atoms with Crippen LogP contribution in [0.2, 0.25) is 0 Å². The predicted molar refractivity (Wildman–Crippen MR) is 145 cm³/mol. The molecule has 0 unspecified atom stereocenters. The first kappa shape index (κ1) is 29.9. The van der Waals surface area contributed by atoms with Crippen LogP contribution in [-0.2, 0) is 6.42 Å². The molecule has 0 spiro atoms. The van der Waals surface area contributed by atoms with Gasteiger partial charge >= 0.3 is 0 Å². The number of rotatable bonds is 20. The largest absolute Gasteiger partial charge is 0.236 e. The Labute approximate surface area is 217 Å². The van der Waals surface area contributed by atoms with Crippen LogP contribution in [0.5, 0.6) is 0 Å². The number of halogens is 2. The van der Waals surface area contributed by atoms with Gasteiger partial charge in [0, 0.05) is 11.9 Å². The van der Waals surface area contributed by atoms with E-state index in [1.807, 2.05) is 6.07 Å². The molecule has 1 aromatic heterocycles. The first-order valence-electron chi connectivity index (χ1n) is 14.4. The molecule has 0 aliphatic rings. The van der Waals surface area contributed by atoms with Gasteiger partial charge in [0.1, 0.15) is 17.4 Å². The molecule has 0 saturated heterocycles. The molecule has 36 heavy (non-hydrogen) atoms. The molecular weight excluding hydrogens is 452 g/mol. The van der Waals surface area contributed by atoms with Crippen molar-refractivity contribution in [3.63, 3.8) is 0 Å². The van der Waals surface area contributed by atoms with E-state index in [2.05, 4.69) is 16.9 Å². The van der Waals surface area contributed by atoms with Gasteiger partial charge in [0.25, 0.3) is 0 Å². The van der Waals surface area contributed by atoms with Crippen molar-refractivity contribution in [3.8, 4) is 17.5 Å². The second-order valence-corrected chi connectivity index (χ2v) is 10.0. The van der Waals surface area contributed by atoms with E-state index in [0.29, 0.717) is 0 Å². The summed E-state index contributed by atoms with van der Waals surface area (Å²) >= 11 is 0. The second kappa shape index (κ2) is 18.9. The molecule has 0 aliphatic heterocycles. The summed E-state index contributed by atoms with van der Waals surface area (Å²) in [5.41, 5.74) is 0.316. The maximum absolute atomic E-state index is 14.4. The minimum Gasteiger partial charge on any atom is -0.236 e. The maximum atomic E-state index is 14.4. The lowest BCUT2D eigenvalue weighted by molar-refractivity contribution is 0.525. The highest BCUT2D eigenvalue weighted by Crippen LogP contribution is 2.24. The van der Waals surface area contributed by atoms with Crippen molar-refractivity contribution in [2.45, 2.75) is 129 Å². The molecule has 0 bridgehead atoms. The monoisotopic (exact) mass is 497 g/mol. The number of benzene rings is 1. The summed E-state index contributed by atoms with van der Waals surface area (Å²) in [5.74, 6) is -1.57. The van der Waals surface area contributed by atoms with Crippen molar-refractivity contribution >= 4 is 0 Å². The summed E-state index contributed by atoms with van der Waals surface area (Å²) in [6, 6.07) is 5.79.